The Kier molecular flexibility index (Phi) is 11.6. The van der Waals surface area contributed by atoms with Crippen molar-refractivity contribution in [1.82, 2.24) is 9.80 Å². The Morgan fingerprint density at radius 1 is 1.13 bits per heavy atom. The fourth-order valence-corrected chi connectivity index (χ4v) is 7.35. The molecule has 1 aliphatic carbocycles. The van der Waals surface area contributed by atoms with Crippen molar-refractivity contribution >= 4 is 29.5 Å². The van der Waals surface area contributed by atoms with Crippen molar-refractivity contribution in [2.24, 2.45) is 0 Å². The lowest BCUT2D eigenvalue weighted by Crippen LogP contribution is -2.46. The van der Waals surface area contributed by atoms with Crippen LogP contribution < -0.4 is 9.64 Å². The first-order valence-electron chi connectivity index (χ1n) is 16.4. The lowest BCUT2D eigenvalue weighted by atomic mass is 9.77. The van der Waals surface area contributed by atoms with E-state index >= 15 is 0 Å². The Bertz CT molecular complexity index is 1330. The molecule has 45 heavy (non-hydrogen) atoms. The van der Waals surface area contributed by atoms with Gasteiger partial charge in [-0.2, -0.15) is 0 Å². The number of unbranched alkanes of at least 4 members (excludes halogenated alkanes) is 1. The highest BCUT2D eigenvalue weighted by Gasteiger charge is 2.37. The molecule has 0 aromatic heterocycles. The van der Waals surface area contributed by atoms with E-state index in [-0.39, 0.29) is 24.2 Å². The summed E-state index contributed by atoms with van der Waals surface area (Å²) in [5, 5.41) is 2.16. The molecule has 3 heterocycles. The summed E-state index contributed by atoms with van der Waals surface area (Å²) in [6.07, 6.45) is 18.1. The van der Waals surface area contributed by atoms with Gasteiger partial charge in [0.15, 0.2) is 6.73 Å². The minimum atomic E-state index is -0.710. The molecule has 0 spiro atoms. The fourth-order valence-electron chi connectivity index (χ4n) is 6.57. The summed E-state index contributed by atoms with van der Waals surface area (Å²) >= 11 is 1.82. The van der Waals surface area contributed by atoms with Gasteiger partial charge in [-0.3, -0.25) is 14.6 Å². The van der Waals surface area contributed by atoms with E-state index in [4.69, 9.17) is 20.6 Å². The van der Waals surface area contributed by atoms with E-state index in [9.17, 15) is 9.59 Å². The summed E-state index contributed by atoms with van der Waals surface area (Å²) in [6, 6.07) is 5.92. The molecule has 1 aromatic carbocycles. The quantitative estimate of drug-likeness (QED) is 0.153. The van der Waals surface area contributed by atoms with Crippen molar-refractivity contribution in [3.8, 4) is 18.1 Å². The Balaban J connectivity index is 1.08. The van der Waals surface area contributed by atoms with Crippen LogP contribution in [0, 0.1) is 12.3 Å². The van der Waals surface area contributed by atoms with E-state index in [0.717, 1.165) is 88.3 Å². The normalized spacial score (nSPS) is 21.5. The van der Waals surface area contributed by atoms with Gasteiger partial charge in [-0.1, -0.05) is 32.3 Å². The first kappa shape index (κ1) is 33.0. The zero-order valence-corrected chi connectivity index (χ0v) is 27.6. The number of piperazine rings is 1. The second-order valence-corrected chi connectivity index (χ2v) is 13.8. The molecule has 0 unspecified atom stereocenters. The maximum atomic E-state index is 13.1. The molecule has 1 aromatic rings. The molecule has 1 amide bonds. The number of thioether (sulfide) groups is 1. The van der Waals surface area contributed by atoms with Crippen molar-refractivity contribution in [3.05, 3.63) is 58.7 Å². The molecule has 8 nitrogen and oxygen atoms in total. The van der Waals surface area contributed by atoms with Gasteiger partial charge in [0, 0.05) is 55.5 Å². The number of benzene rings is 1. The van der Waals surface area contributed by atoms with E-state index in [2.05, 4.69) is 47.1 Å². The average molecular weight is 634 g/mol. The molecular weight excluding hydrogens is 586 g/mol. The van der Waals surface area contributed by atoms with Gasteiger partial charge in [0.1, 0.15) is 11.9 Å². The number of ether oxygens (including phenoxy) is 3. The van der Waals surface area contributed by atoms with Gasteiger partial charge in [0.2, 0.25) is 5.91 Å². The second-order valence-electron chi connectivity index (χ2n) is 12.9. The minimum absolute atomic E-state index is 0.0795. The summed E-state index contributed by atoms with van der Waals surface area (Å²) < 4.78 is 17.1. The molecule has 0 N–H and O–H groups in total. The van der Waals surface area contributed by atoms with Gasteiger partial charge in [-0.25, -0.2) is 4.79 Å². The number of allylic oxidation sites excluding steroid dienone is 3. The van der Waals surface area contributed by atoms with E-state index < -0.39 is 6.16 Å². The standard InChI is InChI=1S/C36H47N3O5S/c1-4-5-13-32(28-16-23-45-26-28)38-20-18-37(19-21-38)17-9-10-22-42-30-14-15-31-33(24-30)39(34(40)25-36(31,2)3)27-43-35(41)44-29-11-7-6-8-12-29/h1,5,13-16,23-24,29H,6-12,17-22,25-27H2,2-3H3. The van der Waals surface area contributed by atoms with Crippen LogP contribution in [0.2, 0.25) is 0 Å². The van der Waals surface area contributed by atoms with Crippen molar-refractivity contribution in [3.63, 3.8) is 0 Å². The number of anilines is 1. The predicted octanol–water partition coefficient (Wildman–Crippen LogP) is 6.62. The maximum Gasteiger partial charge on any atom is 0.510 e. The van der Waals surface area contributed by atoms with Crippen LogP contribution in [0.25, 0.3) is 0 Å². The molecule has 5 rings (SSSR count). The first-order valence-corrected chi connectivity index (χ1v) is 17.4. The second kappa shape index (κ2) is 15.8. The number of amides is 1. The van der Waals surface area contributed by atoms with Crippen molar-refractivity contribution in [2.45, 2.75) is 76.7 Å². The molecule has 9 heteroatoms. The summed E-state index contributed by atoms with van der Waals surface area (Å²) in [5.41, 5.74) is 4.04. The number of fused-ring (bicyclic) bond motifs is 1. The predicted molar refractivity (Wildman–Crippen MR) is 180 cm³/mol. The summed E-state index contributed by atoms with van der Waals surface area (Å²) in [5.74, 6) is 4.27. The Morgan fingerprint density at radius 2 is 1.93 bits per heavy atom. The third kappa shape index (κ3) is 8.89. The SMILES string of the molecule is C#CC=CC(=C1C=CSC1)N1CCN(CCCCOc2ccc3c(c2)N(COC(=O)OC2CCCCC2)C(=O)CC3(C)C)CC1. The van der Waals surface area contributed by atoms with E-state index in [1.165, 1.54) is 17.7 Å². The number of nitrogens with zero attached hydrogens (tertiary/aromatic N) is 3. The molecule has 1 saturated heterocycles. The Labute approximate surface area is 272 Å². The smallest absolute Gasteiger partial charge is 0.494 e. The van der Waals surface area contributed by atoms with Crippen molar-refractivity contribution in [1.29, 1.82) is 0 Å². The molecule has 1 saturated carbocycles. The fraction of sp³-hybridized carbons (Fsp3) is 0.556. The molecule has 0 bridgehead atoms. The van der Waals surface area contributed by atoms with Gasteiger partial charge >= 0.3 is 6.16 Å². The lowest BCUT2D eigenvalue weighted by molar-refractivity contribution is -0.121. The highest BCUT2D eigenvalue weighted by atomic mass is 32.2. The van der Waals surface area contributed by atoms with Gasteiger partial charge in [-0.15, -0.1) is 18.2 Å². The lowest BCUT2D eigenvalue weighted by Gasteiger charge is -2.38. The molecular formula is C36H47N3O5S. The summed E-state index contributed by atoms with van der Waals surface area (Å²) in [4.78, 5) is 32.0. The number of hydrogen-bond acceptors (Lipinski definition) is 8. The van der Waals surface area contributed by atoms with Crippen molar-refractivity contribution in [2.75, 3.05) is 56.7 Å². The highest BCUT2D eigenvalue weighted by molar-refractivity contribution is 8.02. The number of terminal acetylenes is 1. The molecule has 0 atom stereocenters. The van der Waals surface area contributed by atoms with Crippen LogP contribution in [0.4, 0.5) is 10.5 Å². The van der Waals surface area contributed by atoms with Gasteiger partial charge in [0.05, 0.1) is 12.3 Å². The van der Waals surface area contributed by atoms with Crippen LogP contribution in [0.15, 0.2) is 53.1 Å². The molecule has 4 aliphatic rings. The van der Waals surface area contributed by atoms with E-state index in [1.807, 2.05) is 30.0 Å². The number of hydrogen-bond donors (Lipinski definition) is 0. The Hall–Kier alpha value is -3.35. The van der Waals surface area contributed by atoms with Gasteiger partial charge in [0.25, 0.3) is 0 Å². The van der Waals surface area contributed by atoms with Crippen LogP contribution in [0.1, 0.15) is 70.8 Å². The molecule has 242 valence electrons. The largest absolute Gasteiger partial charge is 0.510 e. The zero-order valence-electron chi connectivity index (χ0n) is 26.8. The Morgan fingerprint density at radius 3 is 2.67 bits per heavy atom. The summed E-state index contributed by atoms with van der Waals surface area (Å²) in [6.45, 7) is 9.63. The monoisotopic (exact) mass is 633 g/mol. The number of rotatable bonds is 11. The van der Waals surface area contributed by atoms with Crippen LogP contribution in [-0.2, 0) is 19.7 Å². The number of carbonyl (C=O) groups excluding carboxylic acids is 2. The van der Waals surface area contributed by atoms with Crippen molar-refractivity contribution < 1.29 is 23.8 Å². The van der Waals surface area contributed by atoms with Crippen LogP contribution in [0.5, 0.6) is 5.75 Å². The minimum Gasteiger partial charge on any atom is -0.494 e. The molecule has 3 aliphatic heterocycles. The van der Waals surface area contributed by atoms with Gasteiger partial charge in [-0.05, 0) is 85.9 Å². The zero-order chi connectivity index (χ0) is 31.6. The van der Waals surface area contributed by atoms with Crippen LogP contribution in [0.3, 0.4) is 0 Å². The maximum absolute atomic E-state index is 13.1. The third-order valence-electron chi connectivity index (χ3n) is 9.13. The van der Waals surface area contributed by atoms with Crippen LogP contribution >= 0.6 is 11.8 Å². The van der Waals surface area contributed by atoms with Gasteiger partial charge < -0.3 is 19.1 Å². The van der Waals surface area contributed by atoms with Crippen LogP contribution in [-0.4, -0.2) is 79.8 Å². The average Bonchev–Trinajstić information content (AvgIpc) is 3.56. The topological polar surface area (TPSA) is 71.6 Å². The highest BCUT2D eigenvalue weighted by Crippen LogP contribution is 2.42. The third-order valence-corrected chi connectivity index (χ3v) is 9.94. The first-order chi connectivity index (χ1) is 21.8. The molecule has 0 radical (unpaired) electrons. The van der Waals surface area contributed by atoms with E-state index in [0.29, 0.717) is 18.8 Å². The summed E-state index contributed by atoms with van der Waals surface area (Å²) in [7, 11) is 0. The molecule has 2 fully saturated rings. The van der Waals surface area contributed by atoms with E-state index in [1.54, 1.807) is 11.0 Å². The number of carbonyl (C=O) groups is 2.